The molecular weight excluding hydrogens is 248 g/mol. The van der Waals surface area contributed by atoms with Crippen LogP contribution in [-0.2, 0) is 0 Å². The van der Waals surface area contributed by atoms with Crippen molar-refractivity contribution < 1.29 is 5.11 Å². The molecule has 0 radical (unpaired) electrons. The van der Waals surface area contributed by atoms with Gasteiger partial charge in [0.1, 0.15) is 0 Å². The standard InChI is InChI=1S/C17H36N2O/c1-5-8-19-9-6-7-16(12-19)10-15(2)11-18-13-17(3,4)14-20/h15-16,18,20H,5-14H2,1-4H3. The SMILES string of the molecule is CCCN1CCCC(CC(C)CNCC(C)(C)CO)C1. The highest BCUT2D eigenvalue weighted by Crippen LogP contribution is 2.23. The Kier molecular flexibility index (Phi) is 8.08. The normalized spacial score (nSPS) is 22.9. The third-order valence-electron chi connectivity index (χ3n) is 4.40. The van der Waals surface area contributed by atoms with Gasteiger partial charge < -0.3 is 15.3 Å². The van der Waals surface area contributed by atoms with E-state index in [1.807, 2.05) is 0 Å². The summed E-state index contributed by atoms with van der Waals surface area (Å²) in [6.07, 6.45) is 5.40. The van der Waals surface area contributed by atoms with E-state index in [9.17, 15) is 5.11 Å². The molecule has 2 unspecified atom stereocenters. The molecule has 0 spiro atoms. The van der Waals surface area contributed by atoms with E-state index in [4.69, 9.17) is 0 Å². The molecule has 0 aromatic heterocycles. The fourth-order valence-electron chi connectivity index (χ4n) is 3.23. The summed E-state index contributed by atoms with van der Waals surface area (Å²) >= 11 is 0. The molecule has 1 heterocycles. The van der Waals surface area contributed by atoms with E-state index in [1.165, 1.54) is 45.3 Å². The molecule has 0 aromatic carbocycles. The molecule has 1 aliphatic rings. The van der Waals surface area contributed by atoms with Crippen LogP contribution in [0.4, 0.5) is 0 Å². The number of aliphatic hydroxyl groups is 1. The fourth-order valence-corrected chi connectivity index (χ4v) is 3.23. The summed E-state index contributed by atoms with van der Waals surface area (Å²) in [7, 11) is 0. The van der Waals surface area contributed by atoms with E-state index in [0.717, 1.165) is 24.9 Å². The van der Waals surface area contributed by atoms with E-state index in [1.54, 1.807) is 0 Å². The highest BCUT2D eigenvalue weighted by Gasteiger charge is 2.21. The summed E-state index contributed by atoms with van der Waals surface area (Å²) in [4.78, 5) is 2.64. The zero-order valence-corrected chi connectivity index (χ0v) is 14.1. The van der Waals surface area contributed by atoms with Crippen LogP contribution in [0.15, 0.2) is 0 Å². The van der Waals surface area contributed by atoms with Crippen LogP contribution in [0.25, 0.3) is 0 Å². The first-order chi connectivity index (χ1) is 9.46. The molecular formula is C17H36N2O. The third-order valence-corrected chi connectivity index (χ3v) is 4.40. The molecule has 1 fully saturated rings. The highest BCUT2D eigenvalue weighted by atomic mass is 16.3. The van der Waals surface area contributed by atoms with Crippen LogP contribution in [-0.4, -0.2) is 49.3 Å². The first-order valence-corrected chi connectivity index (χ1v) is 8.50. The van der Waals surface area contributed by atoms with Gasteiger partial charge in [0.2, 0.25) is 0 Å². The van der Waals surface area contributed by atoms with Gasteiger partial charge in [-0.05, 0) is 57.2 Å². The Bertz CT molecular complexity index is 253. The van der Waals surface area contributed by atoms with Crippen molar-refractivity contribution in [1.29, 1.82) is 0 Å². The lowest BCUT2D eigenvalue weighted by atomic mass is 9.88. The van der Waals surface area contributed by atoms with Crippen molar-refractivity contribution in [2.45, 2.75) is 53.4 Å². The van der Waals surface area contributed by atoms with Crippen LogP contribution in [0.3, 0.4) is 0 Å². The maximum atomic E-state index is 9.25. The second kappa shape index (κ2) is 9.01. The molecule has 0 saturated carbocycles. The van der Waals surface area contributed by atoms with Gasteiger partial charge in [0.15, 0.2) is 0 Å². The summed E-state index contributed by atoms with van der Waals surface area (Å²) < 4.78 is 0. The largest absolute Gasteiger partial charge is 0.396 e. The van der Waals surface area contributed by atoms with Crippen LogP contribution in [0, 0.1) is 17.3 Å². The number of hydrogen-bond donors (Lipinski definition) is 2. The first-order valence-electron chi connectivity index (χ1n) is 8.50. The Labute approximate surface area is 126 Å². The van der Waals surface area contributed by atoms with Crippen molar-refractivity contribution in [2.75, 3.05) is 39.3 Å². The molecule has 120 valence electrons. The molecule has 0 aromatic rings. The molecule has 20 heavy (non-hydrogen) atoms. The molecule has 1 aliphatic heterocycles. The number of hydrogen-bond acceptors (Lipinski definition) is 3. The summed E-state index contributed by atoms with van der Waals surface area (Å²) in [5.41, 5.74) is 0.00246. The van der Waals surface area contributed by atoms with Crippen molar-refractivity contribution in [3.63, 3.8) is 0 Å². The molecule has 2 N–H and O–H groups in total. The van der Waals surface area contributed by atoms with Crippen molar-refractivity contribution in [2.24, 2.45) is 17.3 Å². The van der Waals surface area contributed by atoms with Crippen LogP contribution in [0.1, 0.15) is 53.4 Å². The molecule has 0 amide bonds. The van der Waals surface area contributed by atoms with E-state index in [2.05, 4.69) is 37.9 Å². The number of piperidine rings is 1. The lowest BCUT2D eigenvalue weighted by Crippen LogP contribution is -2.38. The number of aliphatic hydroxyl groups excluding tert-OH is 1. The molecule has 3 heteroatoms. The predicted molar refractivity (Wildman–Crippen MR) is 87.0 cm³/mol. The Hall–Kier alpha value is -0.120. The average molecular weight is 284 g/mol. The minimum Gasteiger partial charge on any atom is -0.396 e. The van der Waals surface area contributed by atoms with Gasteiger partial charge in [0.05, 0.1) is 0 Å². The Morgan fingerprint density at radius 1 is 1.40 bits per heavy atom. The van der Waals surface area contributed by atoms with Gasteiger partial charge >= 0.3 is 0 Å². The van der Waals surface area contributed by atoms with Gasteiger partial charge in [-0.25, -0.2) is 0 Å². The topological polar surface area (TPSA) is 35.5 Å². The molecule has 3 nitrogen and oxygen atoms in total. The molecule has 2 atom stereocenters. The van der Waals surface area contributed by atoms with Crippen LogP contribution in [0.2, 0.25) is 0 Å². The van der Waals surface area contributed by atoms with Gasteiger partial charge in [0, 0.05) is 25.1 Å². The minimum absolute atomic E-state index is 0.00246. The van der Waals surface area contributed by atoms with E-state index < -0.39 is 0 Å². The van der Waals surface area contributed by atoms with E-state index >= 15 is 0 Å². The molecule has 1 rings (SSSR count). The Morgan fingerprint density at radius 2 is 2.15 bits per heavy atom. The van der Waals surface area contributed by atoms with Crippen LogP contribution in [0.5, 0.6) is 0 Å². The quantitative estimate of drug-likeness (QED) is 0.683. The van der Waals surface area contributed by atoms with Gasteiger partial charge in [-0.15, -0.1) is 0 Å². The number of nitrogens with zero attached hydrogens (tertiary/aromatic N) is 1. The van der Waals surface area contributed by atoms with E-state index in [-0.39, 0.29) is 12.0 Å². The van der Waals surface area contributed by atoms with Gasteiger partial charge in [0.25, 0.3) is 0 Å². The predicted octanol–water partition coefficient (Wildman–Crippen LogP) is 2.74. The van der Waals surface area contributed by atoms with Gasteiger partial charge in [-0.3, -0.25) is 0 Å². The summed E-state index contributed by atoms with van der Waals surface area (Å²) in [5.74, 6) is 1.62. The second-order valence-electron chi connectivity index (χ2n) is 7.60. The summed E-state index contributed by atoms with van der Waals surface area (Å²) in [6, 6.07) is 0. The molecule has 1 saturated heterocycles. The van der Waals surface area contributed by atoms with Gasteiger partial charge in [-0.2, -0.15) is 0 Å². The number of rotatable bonds is 9. The summed E-state index contributed by atoms with van der Waals surface area (Å²) in [6.45, 7) is 15.0. The van der Waals surface area contributed by atoms with E-state index in [0.29, 0.717) is 0 Å². The molecule has 0 bridgehead atoms. The Balaban J connectivity index is 2.19. The number of nitrogens with one attached hydrogen (secondary N) is 1. The highest BCUT2D eigenvalue weighted by molar-refractivity contribution is 4.76. The van der Waals surface area contributed by atoms with Crippen molar-refractivity contribution in [3.8, 4) is 0 Å². The molecule has 0 aliphatic carbocycles. The first kappa shape index (κ1) is 17.9. The smallest absolute Gasteiger partial charge is 0.0494 e. The second-order valence-corrected chi connectivity index (χ2v) is 7.60. The zero-order chi connectivity index (χ0) is 15.0. The monoisotopic (exact) mass is 284 g/mol. The van der Waals surface area contributed by atoms with Crippen molar-refractivity contribution in [3.05, 3.63) is 0 Å². The summed E-state index contributed by atoms with van der Waals surface area (Å²) in [5, 5.41) is 12.8. The Morgan fingerprint density at radius 3 is 2.80 bits per heavy atom. The lowest BCUT2D eigenvalue weighted by Gasteiger charge is -2.34. The number of likely N-dealkylation sites (tertiary alicyclic amines) is 1. The third kappa shape index (κ3) is 7.05. The van der Waals surface area contributed by atoms with Crippen LogP contribution >= 0.6 is 0 Å². The van der Waals surface area contributed by atoms with Crippen molar-refractivity contribution in [1.82, 2.24) is 10.2 Å². The minimum atomic E-state index is 0.00246. The average Bonchev–Trinajstić information content (AvgIpc) is 2.39. The van der Waals surface area contributed by atoms with Crippen molar-refractivity contribution >= 4 is 0 Å². The maximum Gasteiger partial charge on any atom is 0.0494 e. The van der Waals surface area contributed by atoms with Gasteiger partial charge in [-0.1, -0.05) is 27.7 Å². The lowest BCUT2D eigenvalue weighted by molar-refractivity contribution is 0.147. The van der Waals surface area contributed by atoms with Crippen LogP contribution < -0.4 is 5.32 Å². The maximum absolute atomic E-state index is 9.25. The zero-order valence-electron chi connectivity index (χ0n) is 14.1. The fraction of sp³-hybridized carbons (Fsp3) is 1.00.